The Morgan fingerprint density at radius 2 is 2.25 bits per heavy atom. The van der Waals surface area contributed by atoms with Crippen LogP contribution >= 0.6 is 34.9 Å². The number of aryl methyl sites for hydroxylation is 1. The number of nitrogen functional groups attached to an aromatic ring is 1. The Labute approximate surface area is 107 Å². The molecule has 0 amide bonds. The highest BCUT2D eigenvalue weighted by Crippen LogP contribution is 2.35. The number of anilines is 1. The van der Waals surface area contributed by atoms with Crippen LogP contribution in [0.25, 0.3) is 10.4 Å². The van der Waals surface area contributed by atoms with E-state index in [0.717, 1.165) is 16.0 Å². The van der Waals surface area contributed by atoms with E-state index < -0.39 is 0 Å². The molecule has 0 aliphatic carbocycles. The van der Waals surface area contributed by atoms with E-state index in [-0.39, 0.29) is 0 Å². The third-order valence-electron chi connectivity index (χ3n) is 2.21. The van der Waals surface area contributed by atoms with Crippen molar-refractivity contribution in [1.82, 2.24) is 0 Å². The number of nitriles is 1. The highest BCUT2D eigenvalue weighted by molar-refractivity contribution is 7.73. The van der Waals surface area contributed by atoms with Crippen molar-refractivity contribution in [3.05, 3.63) is 32.5 Å². The molecule has 0 radical (unpaired) electrons. The van der Waals surface area contributed by atoms with Gasteiger partial charge >= 0.3 is 0 Å². The van der Waals surface area contributed by atoms with Crippen LogP contribution in [0.15, 0.2) is 17.5 Å². The maximum Gasteiger partial charge on any atom is 0.106 e. The Kier molecular flexibility index (Phi) is 3.06. The van der Waals surface area contributed by atoms with Crippen LogP contribution in [0.4, 0.5) is 5.00 Å². The molecule has 2 aromatic rings. The van der Waals surface area contributed by atoms with Crippen LogP contribution in [-0.4, -0.2) is 0 Å². The van der Waals surface area contributed by atoms with Crippen molar-refractivity contribution in [3.8, 4) is 16.5 Å². The van der Waals surface area contributed by atoms with Crippen molar-refractivity contribution >= 4 is 39.9 Å². The van der Waals surface area contributed by atoms with Gasteiger partial charge in [0.05, 0.1) is 9.39 Å². The Hall–Kier alpha value is -1.22. The van der Waals surface area contributed by atoms with Gasteiger partial charge < -0.3 is 5.73 Å². The van der Waals surface area contributed by atoms with Gasteiger partial charge in [-0.1, -0.05) is 12.2 Å². The van der Waals surface area contributed by atoms with E-state index in [2.05, 4.69) is 6.07 Å². The SMILES string of the molecule is Cc1ccsc1-c1cc(=S)sc(N)c1C#N. The molecular weight excluding hydrogens is 256 g/mol. The van der Waals surface area contributed by atoms with Crippen LogP contribution < -0.4 is 5.73 Å². The van der Waals surface area contributed by atoms with Gasteiger partial charge in [0.25, 0.3) is 0 Å². The summed E-state index contributed by atoms with van der Waals surface area (Å²) < 4.78 is 0.708. The van der Waals surface area contributed by atoms with Gasteiger partial charge in [-0.3, -0.25) is 0 Å². The first-order valence-corrected chi connectivity index (χ1v) is 6.62. The molecule has 0 fully saturated rings. The largest absolute Gasteiger partial charge is 0.389 e. The lowest BCUT2D eigenvalue weighted by atomic mass is 10.1. The minimum atomic E-state index is 0.498. The van der Waals surface area contributed by atoms with E-state index in [9.17, 15) is 0 Å². The number of nitrogens with two attached hydrogens (primary N) is 1. The Bertz CT molecular complexity index is 631. The van der Waals surface area contributed by atoms with E-state index in [0.29, 0.717) is 14.4 Å². The van der Waals surface area contributed by atoms with Gasteiger partial charge in [-0.05, 0) is 30.0 Å². The Balaban J connectivity index is 2.80. The summed E-state index contributed by atoms with van der Waals surface area (Å²) in [4.78, 5) is 1.07. The molecule has 0 saturated carbocycles. The van der Waals surface area contributed by atoms with Crippen molar-refractivity contribution < 1.29 is 0 Å². The van der Waals surface area contributed by atoms with Crippen LogP contribution in [0.1, 0.15) is 11.1 Å². The highest BCUT2D eigenvalue weighted by Gasteiger charge is 2.12. The molecule has 0 aliphatic rings. The van der Waals surface area contributed by atoms with Gasteiger partial charge in [-0.25, -0.2) is 0 Å². The van der Waals surface area contributed by atoms with Crippen molar-refractivity contribution in [1.29, 1.82) is 5.26 Å². The Morgan fingerprint density at radius 1 is 1.50 bits per heavy atom. The van der Waals surface area contributed by atoms with Crippen LogP contribution in [0, 0.1) is 22.1 Å². The summed E-state index contributed by atoms with van der Waals surface area (Å²) >= 11 is 8.02. The second-order valence-corrected chi connectivity index (χ2v) is 5.96. The molecular formula is C11H8N2S3. The minimum absolute atomic E-state index is 0.498. The third kappa shape index (κ3) is 1.87. The number of hydrogen-bond acceptors (Lipinski definition) is 5. The smallest absolute Gasteiger partial charge is 0.106 e. The predicted molar refractivity (Wildman–Crippen MR) is 72.3 cm³/mol. The van der Waals surface area contributed by atoms with Gasteiger partial charge in [0.2, 0.25) is 0 Å². The van der Waals surface area contributed by atoms with Crippen molar-refractivity contribution in [3.63, 3.8) is 0 Å². The van der Waals surface area contributed by atoms with Crippen LogP contribution in [0.2, 0.25) is 0 Å². The second-order valence-electron chi connectivity index (χ2n) is 3.26. The lowest BCUT2D eigenvalue weighted by molar-refractivity contribution is 1.49. The van der Waals surface area contributed by atoms with Crippen molar-refractivity contribution in [2.24, 2.45) is 0 Å². The molecule has 0 saturated heterocycles. The monoisotopic (exact) mass is 264 g/mol. The highest BCUT2D eigenvalue weighted by atomic mass is 32.1. The van der Waals surface area contributed by atoms with Gasteiger partial charge in [0, 0.05) is 10.4 Å². The molecule has 0 bridgehead atoms. The maximum atomic E-state index is 9.13. The molecule has 16 heavy (non-hydrogen) atoms. The van der Waals surface area contributed by atoms with E-state index in [1.165, 1.54) is 11.3 Å². The standard InChI is InChI=1S/C11H8N2S3/c1-6-2-3-15-10(6)7-4-9(14)16-11(13)8(7)5-12/h2-4H,13H2,1H3. The average Bonchev–Trinajstić information content (AvgIpc) is 2.63. The third-order valence-corrected chi connectivity index (χ3v) is 4.37. The van der Waals surface area contributed by atoms with E-state index in [1.807, 2.05) is 24.4 Å². The molecule has 2 aromatic heterocycles. The molecule has 0 unspecified atom stereocenters. The van der Waals surface area contributed by atoms with E-state index in [1.54, 1.807) is 11.3 Å². The average molecular weight is 264 g/mol. The second kappa shape index (κ2) is 4.34. The van der Waals surface area contributed by atoms with Gasteiger partial charge in [-0.15, -0.1) is 22.7 Å². The number of hydrogen-bond donors (Lipinski definition) is 1. The molecule has 2 N–H and O–H groups in total. The van der Waals surface area contributed by atoms with Crippen LogP contribution in [0.5, 0.6) is 0 Å². The molecule has 5 heteroatoms. The first-order chi connectivity index (χ1) is 7.63. The Morgan fingerprint density at radius 3 is 2.81 bits per heavy atom. The molecule has 0 aromatic carbocycles. The molecule has 0 spiro atoms. The fourth-order valence-corrected chi connectivity index (χ4v) is 3.44. The normalized spacial score (nSPS) is 10.0. The maximum absolute atomic E-state index is 9.13. The summed E-state index contributed by atoms with van der Waals surface area (Å²) in [6.45, 7) is 2.02. The lowest BCUT2D eigenvalue weighted by Crippen LogP contribution is -1.91. The molecule has 2 rings (SSSR count). The minimum Gasteiger partial charge on any atom is -0.389 e. The number of rotatable bonds is 1. The molecule has 2 nitrogen and oxygen atoms in total. The quantitative estimate of drug-likeness (QED) is 0.793. The number of nitrogens with zero attached hydrogens (tertiary/aromatic N) is 1. The summed E-state index contributed by atoms with van der Waals surface area (Å²) in [7, 11) is 0. The summed E-state index contributed by atoms with van der Waals surface area (Å²) in [5, 5.41) is 11.6. The molecule has 80 valence electrons. The van der Waals surface area contributed by atoms with Crippen molar-refractivity contribution in [2.75, 3.05) is 5.73 Å². The first kappa shape index (κ1) is 11.3. The fraction of sp³-hybridized carbons (Fsp3) is 0.0909. The molecule has 0 atom stereocenters. The molecule has 0 aliphatic heterocycles. The lowest BCUT2D eigenvalue weighted by Gasteiger charge is -2.04. The zero-order valence-electron chi connectivity index (χ0n) is 8.48. The zero-order chi connectivity index (χ0) is 11.7. The van der Waals surface area contributed by atoms with Crippen molar-refractivity contribution in [2.45, 2.75) is 6.92 Å². The topological polar surface area (TPSA) is 49.8 Å². The first-order valence-electron chi connectivity index (χ1n) is 4.51. The summed E-state index contributed by atoms with van der Waals surface area (Å²) in [5.41, 5.74) is 8.36. The summed E-state index contributed by atoms with van der Waals surface area (Å²) in [6.07, 6.45) is 0. The van der Waals surface area contributed by atoms with Crippen LogP contribution in [-0.2, 0) is 0 Å². The van der Waals surface area contributed by atoms with Crippen LogP contribution in [0.3, 0.4) is 0 Å². The number of thiophene rings is 1. The van der Waals surface area contributed by atoms with Gasteiger partial charge in [-0.2, -0.15) is 5.26 Å². The summed E-state index contributed by atoms with van der Waals surface area (Å²) in [5.74, 6) is 0. The fourth-order valence-electron chi connectivity index (χ4n) is 1.45. The van der Waals surface area contributed by atoms with E-state index in [4.69, 9.17) is 23.2 Å². The summed E-state index contributed by atoms with van der Waals surface area (Å²) in [6, 6.07) is 6.03. The molecule has 2 heterocycles. The van der Waals surface area contributed by atoms with E-state index >= 15 is 0 Å². The zero-order valence-corrected chi connectivity index (χ0v) is 10.9. The van der Waals surface area contributed by atoms with Gasteiger partial charge in [0.15, 0.2) is 0 Å². The van der Waals surface area contributed by atoms with Gasteiger partial charge in [0.1, 0.15) is 11.1 Å². The predicted octanol–water partition coefficient (Wildman–Crippen LogP) is 3.97.